The van der Waals surface area contributed by atoms with Gasteiger partial charge in [-0.15, -0.1) is 0 Å². The van der Waals surface area contributed by atoms with Gasteiger partial charge in [-0.2, -0.15) is 0 Å². The molecule has 1 N–H and O–H groups in total. The first-order valence-corrected chi connectivity index (χ1v) is 7.55. The maximum atomic E-state index is 5.41. The van der Waals surface area contributed by atoms with Crippen LogP contribution in [0, 0.1) is 0 Å². The number of hydrogen-bond donors (Lipinski definition) is 1. The highest BCUT2D eigenvalue weighted by Gasteiger charge is 2.24. The summed E-state index contributed by atoms with van der Waals surface area (Å²) in [5.74, 6) is 0. The van der Waals surface area contributed by atoms with Gasteiger partial charge in [0.05, 0.1) is 6.10 Å². The number of methoxy groups -OCH3 is 1. The molecule has 0 bridgehead atoms. The van der Waals surface area contributed by atoms with Crippen molar-refractivity contribution in [3.8, 4) is 0 Å². The molecule has 3 unspecified atom stereocenters. The molecule has 1 rings (SSSR count). The Morgan fingerprint density at radius 3 is 2.59 bits per heavy atom. The van der Waals surface area contributed by atoms with Gasteiger partial charge in [0.15, 0.2) is 0 Å². The van der Waals surface area contributed by atoms with Crippen LogP contribution >= 0.6 is 0 Å². The SMILES string of the molecule is CCCCCCCC(C)NC1CCC(OC)C1. The summed E-state index contributed by atoms with van der Waals surface area (Å²) < 4.78 is 5.41. The van der Waals surface area contributed by atoms with E-state index >= 15 is 0 Å². The zero-order chi connectivity index (χ0) is 12.5. The molecule has 0 spiro atoms. The Hall–Kier alpha value is -0.0800. The van der Waals surface area contributed by atoms with Crippen molar-refractivity contribution in [3.05, 3.63) is 0 Å². The minimum absolute atomic E-state index is 0.504. The van der Waals surface area contributed by atoms with Gasteiger partial charge in [-0.1, -0.05) is 39.0 Å². The van der Waals surface area contributed by atoms with E-state index in [1.54, 1.807) is 0 Å². The fourth-order valence-electron chi connectivity index (χ4n) is 2.85. The molecule has 0 saturated heterocycles. The molecule has 1 aliphatic rings. The Balaban J connectivity index is 1.99. The number of ether oxygens (including phenoxy) is 1. The fourth-order valence-corrected chi connectivity index (χ4v) is 2.85. The third-order valence-corrected chi connectivity index (χ3v) is 3.98. The summed E-state index contributed by atoms with van der Waals surface area (Å²) >= 11 is 0. The summed E-state index contributed by atoms with van der Waals surface area (Å²) in [6.07, 6.45) is 12.5. The van der Waals surface area contributed by atoms with E-state index in [1.165, 1.54) is 57.8 Å². The monoisotopic (exact) mass is 241 g/mol. The molecule has 0 aromatic carbocycles. The van der Waals surface area contributed by atoms with Crippen LogP contribution < -0.4 is 5.32 Å². The van der Waals surface area contributed by atoms with Gasteiger partial charge in [0.25, 0.3) is 0 Å². The molecule has 0 radical (unpaired) electrons. The van der Waals surface area contributed by atoms with Crippen LogP contribution in [0.1, 0.15) is 71.6 Å². The van der Waals surface area contributed by atoms with Crippen LogP contribution in [-0.2, 0) is 4.74 Å². The first kappa shape index (κ1) is 15.0. The second-order valence-corrected chi connectivity index (χ2v) is 5.64. The van der Waals surface area contributed by atoms with Crippen LogP contribution in [0.3, 0.4) is 0 Å². The van der Waals surface area contributed by atoms with Gasteiger partial charge in [-0.3, -0.25) is 0 Å². The molecule has 2 heteroatoms. The molecular weight excluding hydrogens is 210 g/mol. The summed E-state index contributed by atoms with van der Waals surface area (Å²) in [5.41, 5.74) is 0. The molecule has 0 heterocycles. The van der Waals surface area contributed by atoms with Gasteiger partial charge in [-0.05, 0) is 32.6 Å². The molecule has 0 aromatic rings. The van der Waals surface area contributed by atoms with Crippen molar-refractivity contribution in [2.24, 2.45) is 0 Å². The van der Waals surface area contributed by atoms with Crippen LogP contribution in [0.2, 0.25) is 0 Å². The number of rotatable bonds is 9. The predicted molar refractivity (Wildman–Crippen MR) is 74.4 cm³/mol. The van der Waals surface area contributed by atoms with E-state index < -0.39 is 0 Å². The highest BCUT2D eigenvalue weighted by Crippen LogP contribution is 2.22. The highest BCUT2D eigenvalue weighted by molar-refractivity contribution is 4.82. The van der Waals surface area contributed by atoms with Crippen LogP contribution in [-0.4, -0.2) is 25.3 Å². The number of nitrogens with one attached hydrogen (secondary N) is 1. The standard InChI is InChI=1S/C15H31NO/c1-4-5-6-7-8-9-13(2)16-14-10-11-15(12-14)17-3/h13-16H,4-12H2,1-3H3. The Labute approximate surface area is 108 Å². The summed E-state index contributed by atoms with van der Waals surface area (Å²) in [7, 11) is 1.84. The van der Waals surface area contributed by atoms with E-state index in [4.69, 9.17) is 4.74 Å². The lowest BCUT2D eigenvalue weighted by atomic mass is 10.1. The van der Waals surface area contributed by atoms with Gasteiger partial charge in [0.1, 0.15) is 0 Å². The normalized spacial score (nSPS) is 26.3. The van der Waals surface area contributed by atoms with E-state index in [-0.39, 0.29) is 0 Å². The van der Waals surface area contributed by atoms with Crippen LogP contribution in [0.25, 0.3) is 0 Å². The zero-order valence-corrected chi connectivity index (χ0v) is 12.0. The van der Waals surface area contributed by atoms with Crippen LogP contribution in [0.15, 0.2) is 0 Å². The average Bonchev–Trinajstić information content (AvgIpc) is 2.76. The average molecular weight is 241 g/mol. The highest BCUT2D eigenvalue weighted by atomic mass is 16.5. The van der Waals surface area contributed by atoms with Gasteiger partial charge < -0.3 is 10.1 Å². The topological polar surface area (TPSA) is 21.3 Å². The maximum Gasteiger partial charge on any atom is 0.0586 e. The molecule has 1 fully saturated rings. The largest absolute Gasteiger partial charge is 0.381 e. The fraction of sp³-hybridized carbons (Fsp3) is 1.00. The third kappa shape index (κ3) is 6.42. The molecule has 3 atom stereocenters. The minimum atomic E-state index is 0.504. The van der Waals surface area contributed by atoms with Crippen molar-refractivity contribution in [3.63, 3.8) is 0 Å². The van der Waals surface area contributed by atoms with Crippen molar-refractivity contribution in [2.45, 2.75) is 89.8 Å². The molecule has 17 heavy (non-hydrogen) atoms. The molecule has 102 valence electrons. The predicted octanol–water partition coefficient (Wildman–Crippen LogP) is 3.89. The quantitative estimate of drug-likeness (QED) is 0.618. The number of unbranched alkanes of at least 4 members (excludes halogenated alkanes) is 4. The molecule has 0 aliphatic heterocycles. The van der Waals surface area contributed by atoms with Crippen molar-refractivity contribution in [2.75, 3.05) is 7.11 Å². The van der Waals surface area contributed by atoms with E-state index in [2.05, 4.69) is 19.2 Å². The first-order valence-electron chi connectivity index (χ1n) is 7.55. The summed E-state index contributed by atoms with van der Waals surface area (Å²) in [6, 6.07) is 1.38. The molecule has 2 nitrogen and oxygen atoms in total. The minimum Gasteiger partial charge on any atom is -0.381 e. The van der Waals surface area contributed by atoms with E-state index in [0.29, 0.717) is 18.2 Å². The van der Waals surface area contributed by atoms with E-state index in [1.807, 2.05) is 7.11 Å². The Morgan fingerprint density at radius 1 is 1.18 bits per heavy atom. The van der Waals surface area contributed by atoms with E-state index in [9.17, 15) is 0 Å². The van der Waals surface area contributed by atoms with Gasteiger partial charge in [0, 0.05) is 19.2 Å². The lowest BCUT2D eigenvalue weighted by Gasteiger charge is -2.19. The van der Waals surface area contributed by atoms with Crippen LogP contribution in [0.5, 0.6) is 0 Å². The summed E-state index contributed by atoms with van der Waals surface area (Å²) in [4.78, 5) is 0. The van der Waals surface area contributed by atoms with Gasteiger partial charge in [0.2, 0.25) is 0 Å². The van der Waals surface area contributed by atoms with Gasteiger partial charge >= 0.3 is 0 Å². The van der Waals surface area contributed by atoms with E-state index in [0.717, 1.165) is 0 Å². The van der Waals surface area contributed by atoms with Crippen molar-refractivity contribution in [1.29, 1.82) is 0 Å². The zero-order valence-electron chi connectivity index (χ0n) is 12.0. The molecule has 1 aliphatic carbocycles. The molecule has 0 amide bonds. The molecular formula is C15H31NO. The summed E-state index contributed by atoms with van der Waals surface area (Å²) in [6.45, 7) is 4.61. The second kappa shape index (κ2) is 8.93. The number of hydrogen-bond acceptors (Lipinski definition) is 2. The molecule has 0 aromatic heterocycles. The lowest BCUT2D eigenvalue weighted by Crippen LogP contribution is -2.35. The Bertz CT molecular complexity index is 184. The van der Waals surface area contributed by atoms with Crippen molar-refractivity contribution >= 4 is 0 Å². The van der Waals surface area contributed by atoms with Crippen molar-refractivity contribution < 1.29 is 4.74 Å². The molecule has 1 saturated carbocycles. The first-order chi connectivity index (χ1) is 8.26. The van der Waals surface area contributed by atoms with Crippen molar-refractivity contribution in [1.82, 2.24) is 5.32 Å². The van der Waals surface area contributed by atoms with Gasteiger partial charge in [-0.25, -0.2) is 0 Å². The lowest BCUT2D eigenvalue weighted by molar-refractivity contribution is 0.106. The van der Waals surface area contributed by atoms with Crippen LogP contribution in [0.4, 0.5) is 0 Å². The summed E-state index contributed by atoms with van der Waals surface area (Å²) in [5, 5.41) is 3.75. The second-order valence-electron chi connectivity index (χ2n) is 5.64. The third-order valence-electron chi connectivity index (χ3n) is 3.98. The maximum absolute atomic E-state index is 5.41. The Kier molecular flexibility index (Phi) is 7.87. The Morgan fingerprint density at radius 2 is 1.94 bits per heavy atom. The smallest absolute Gasteiger partial charge is 0.0586 e.